The quantitative estimate of drug-likeness (QED) is 0.887. The molecule has 0 radical (unpaired) electrons. The third-order valence-electron chi connectivity index (χ3n) is 3.96. The number of hydrogen-bond donors (Lipinski definition) is 2. The fourth-order valence-electron chi connectivity index (χ4n) is 2.42. The summed E-state index contributed by atoms with van der Waals surface area (Å²) in [6.45, 7) is 6.12. The van der Waals surface area contributed by atoms with Crippen molar-refractivity contribution >= 4 is 17.3 Å². The second-order valence-corrected chi connectivity index (χ2v) is 5.79. The molecule has 2 N–H and O–H groups in total. The molecule has 0 saturated carbocycles. The van der Waals surface area contributed by atoms with E-state index in [1.165, 1.54) is 0 Å². The van der Waals surface area contributed by atoms with Crippen LogP contribution >= 0.6 is 0 Å². The first-order valence-electron chi connectivity index (χ1n) is 7.42. The van der Waals surface area contributed by atoms with Crippen molar-refractivity contribution < 1.29 is 4.79 Å². The second-order valence-electron chi connectivity index (χ2n) is 5.79. The van der Waals surface area contributed by atoms with E-state index in [4.69, 9.17) is 0 Å². The maximum absolute atomic E-state index is 12.2. The van der Waals surface area contributed by atoms with Gasteiger partial charge in [-0.05, 0) is 51.4 Å². The van der Waals surface area contributed by atoms with Gasteiger partial charge >= 0.3 is 0 Å². The molecule has 1 aliphatic heterocycles. The summed E-state index contributed by atoms with van der Waals surface area (Å²) in [4.78, 5) is 14.4. The van der Waals surface area contributed by atoms with Crippen molar-refractivity contribution in [3.63, 3.8) is 0 Å². The predicted octanol–water partition coefficient (Wildman–Crippen LogP) is 2.47. The molecule has 0 aromatic heterocycles. The van der Waals surface area contributed by atoms with E-state index in [9.17, 15) is 4.79 Å². The molecule has 1 aromatic carbocycles. The van der Waals surface area contributed by atoms with Crippen molar-refractivity contribution in [3.8, 4) is 0 Å². The van der Waals surface area contributed by atoms with Gasteiger partial charge in [0.05, 0.1) is 5.92 Å². The number of nitrogens with one attached hydrogen (secondary N) is 2. The first kappa shape index (κ1) is 14.9. The number of hydrogen-bond acceptors (Lipinski definition) is 3. The molecule has 20 heavy (non-hydrogen) atoms. The van der Waals surface area contributed by atoms with Gasteiger partial charge in [0.25, 0.3) is 0 Å². The van der Waals surface area contributed by atoms with Gasteiger partial charge in [-0.25, -0.2) is 0 Å². The van der Waals surface area contributed by atoms with Crippen LogP contribution in [0, 0.1) is 5.92 Å². The van der Waals surface area contributed by atoms with Crippen molar-refractivity contribution in [2.24, 2.45) is 5.92 Å². The molecular formula is C16H25N3O. The zero-order valence-corrected chi connectivity index (χ0v) is 12.6. The second kappa shape index (κ2) is 6.75. The fourth-order valence-corrected chi connectivity index (χ4v) is 2.42. The Kier molecular flexibility index (Phi) is 5.01. The van der Waals surface area contributed by atoms with Crippen molar-refractivity contribution in [1.82, 2.24) is 5.32 Å². The minimum absolute atomic E-state index is 0.0928. The topological polar surface area (TPSA) is 44.4 Å². The Balaban J connectivity index is 2.02. The van der Waals surface area contributed by atoms with Crippen LogP contribution in [-0.4, -0.2) is 32.1 Å². The largest absolute Gasteiger partial charge is 0.372 e. The van der Waals surface area contributed by atoms with Crippen LogP contribution in [0.15, 0.2) is 24.3 Å². The Bertz CT molecular complexity index is 453. The smallest absolute Gasteiger partial charge is 0.228 e. The molecule has 1 saturated heterocycles. The fraction of sp³-hybridized carbons (Fsp3) is 0.562. The molecule has 1 aromatic rings. The maximum Gasteiger partial charge on any atom is 0.228 e. The van der Waals surface area contributed by atoms with Crippen molar-refractivity contribution in [1.29, 1.82) is 0 Å². The average molecular weight is 275 g/mol. The van der Waals surface area contributed by atoms with Crippen molar-refractivity contribution in [2.45, 2.75) is 32.7 Å². The molecule has 1 heterocycles. The Morgan fingerprint density at radius 3 is 2.90 bits per heavy atom. The summed E-state index contributed by atoms with van der Waals surface area (Å²) in [7, 11) is 2.07. The standard InChI is InChI=1S/C16H25N3O/c1-12(2)19(3)15-8-4-7-14(10-15)18-16(20)13-6-5-9-17-11-13/h4,7-8,10,12-13,17H,5-6,9,11H2,1-3H3,(H,18,20). The molecule has 1 fully saturated rings. The molecule has 1 atom stereocenters. The van der Waals surface area contributed by atoms with Crippen LogP contribution in [-0.2, 0) is 4.79 Å². The molecule has 110 valence electrons. The van der Waals surface area contributed by atoms with E-state index < -0.39 is 0 Å². The number of benzene rings is 1. The highest BCUT2D eigenvalue weighted by Gasteiger charge is 2.20. The minimum atomic E-state index is 0.0928. The van der Waals surface area contributed by atoms with E-state index >= 15 is 0 Å². The molecular weight excluding hydrogens is 250 g/mol. The monoisotopic (exact) mass is 275 g/mol. The number of rotatable bonds is 4. The number of anilines is 2. The molecule has 4 heteroatoms. The Morgan fingerprint density at radius 2 is 2.25 bits per heavy atom. The van der Waals surface area contributed by atoms with Crippen molar-refractivity contribution in [2.75, 3.05) is 30.4 Å². The lowest BCUT2D eigenvalue weighted by Gasteiger charge is -2.25. The van der Waals surface area contributed by atoms with Crippen LogP contribution in [0.5, 0.6) is 0 Å². The summed E-state index contributed by atoms with van der Waals surface area (Å²) in [5, 5.41) is 6.32. The highest BCUT2D eigenvalue weighted by Crippen LogP contribution is 2.21. The van der Waals surface area contributed by atoms with E-state index in [2.05, 4.69) is 42.5 Å². The van der Waals surface area contributed by atoms with E-state index in [0.717, 1.165) is 37.3 Å². The number of nitrogens with zero attached hydrogens (tertiary/aromatic N) is 1. The Hall–Kier alpha value is -1.55. The molecule has 2 rings (SSSR count). The van der Waals surface area contributed by atoms with Crippen LogP contribution in [0.2, 0.25) is 0 Å². The number of piperidine rings is 1. The zero-order chi connectivity index (χ0) is 14.5. The maximum atomic E-state index is 12.2. The number of carbonyl (C=O) groups excluding carboxylic acids is 1. The van der Waals surface area contributed by atoms with Gasteiger partial charge in [-0.1, -0.05) is 6.07 Å². The lowest BCUT2D eigenvalue weighted by Crippen LogP contribution is -2.37. The van der Waals surface area contributed by atoms with Crippen LogP contribution in [0.25, 0.3) is 0 Å². The minimum Gasteiger partial charge on any atom is -0.372 e. The highest BCUT2D eigenvalue weighted by atomic mass is 16.1. The first-order valence-corrected chi connectivity index (χ1v) is 7.42. The summed E-state index contributed by atoms with van der Waals surface area (Å²) >= 11 is 0. The summed E-state index contributed by atoms with van der Waals surface area (Å²) < 4.78 is 0. The van der Waals surface area contributed by atoms with Gasteiger partial charge in [0.15, 0.2) is 0 Å². The van der Waals surface area contributed by atoms with Gasteiger partial charge in [-0.2, -0.15) is 0 Å². The lowest BCUT2D eigenvalue weighted by atomic mass is 9.99. The van der Waals surface area contributed by atoms with Crippen molar-refractivity contribution in [3.05, 3.63) is 24.3 Å². The third-order valence-corrected chi connectivity index (χ3v) is 3.96. The molecule has 1 amide bonds. The summed E-state index contributed by atoms with van der Waals surface area (Å²) in [5.74, 6) is 0.219. The van der Waals surface area contributed by atoms with E-state index in [-0.39, 0.29) is 11.8 Å². The first-order chi connectivity index (χ1) is 9.58. The van der Waals surface area contributed by atoms with E-state index in [1.807, 2.05) is 18.2 Å². The Morgan fingerprint density at radius 1 is 1.45 bits per heavy atom. The van der Waals surface area contributed by atoms with Crippen LogP contribution in [0.3, 0.4) is 0 Å². The predicted molar refractivity (Wildman–Crippen MR) is 84.2 cm³/mol. The molecule has 1 aliphatic rings. The Labute approximate surface area is 121 Å². The summed E-state index contributed by atoms with van der Waals surface area (Å²) in [6, 6.07) is 8.48. The van der Waals surface area contributed by atoms with Crippen LogP contribution in [0.1, 0.15) is 26.7 Å². The van der Waals surface area contributed by atoms with Crippen LogP contribution < -0.4 is 15.5 Å². The molecule has 0 aliphatic carbocycles. The molecule has 0 spiro atoms. The van der Waals surface area contributed by atoms with Gasteiger partial charge in [0, 0.05) is 31.0 Å². The average Bonchev–Trinajstić information content (AvgIpc) is 2.47. The van der Waals surface area contributed by atoms with Gasteiger partial charge in [0.1, 0.15) is 0 Å². The van der Waals surface area contributed by atoms with Gasteiger partial charge in [-0.15, -0.1) is 0 Å². The summed E-state index contributed by atoms with van der Waals surface area (Å²) in [5.41, 5.74) is 2.00. The number of carbonyl (C=O) groups is 1. The lowest BCUT2D eigenvalue weighted by molar-refractivity contribution is -0.120. The molecule has 1 unspecified atom stereocenters. The molecule has 0 bridgehead atoms. The van der Waals surface area contributed by atoms with Gasteiger partial charge < -0.3 is 15.5 Å². The van der Waals surface area contributed by atoms with Gasteiger partial charge in [-0.3, -0.25) is 4.79 Å². The highest BCUT2D eigenvalue weighted by molar-refractivity contribution is 5.93. The van der Waals surface area contributed by atoms with Gasteiger partial charge in [0.2, 0.25) is 5.91 Å². The molecule has 4 nitrogen and oxygen atoms in total. The zero-order valence-electron chi connectivity index (χ0n) is 12.6. The normalized spacial score (nSPS) is 18.9. The summed E-state index contributed by atoms with van der Waals surface area (Å²) in [6.07, 6.45) is 2.05. The number of amides is 1. The van der Waals surface area contributed by atoms with Crippen LogP contribution in [0.4, 0.5) is 11.4 Å². The van der Waals surface area contributed by atoms with E-state index in [1.54, 1.807) is 0 Å². The third kappa shape index (κ3) is 3.73. The SMILES string of the molecule is CC(C)N(C)c1cccc(NC(=O)C2CCCNC2)c1. The van der Waals surface area contributed by atoms with E-state index in [0.29, 0.717) is 6.04 Å².